The zero-order valence-corrected chi connectivity index (χ0v) is 11.8. The fraction of sp³-hybridized carbons (Fsp3) is 0.786. The largest absolute Gasteiger partial charge is 0.481 e. The lowest BCUT2D eigenvalue weighted by atomic mass is 9.70. The molecule has 6 nitrogen and oxygen atoms in total. The van der Waals surface area contributed by atoms with Crippen LogP contribution < -0.4 is 10.6 Å². The first-order valence-corrected chi connectivity index (χ1v) is 7.21. The van der Waals surface area contributed by atoms with E-state index in [1.165, 1.54) is 0 Å². The standard InChI is InChI=1S/C14H22N2O4/c1-9-2-4-14(5-3-9,13(19)20)8-16-12(18)10-6-11(17)15-7-10/h9-10H,2-8H2,1H3,(H,15,17)(H,16,18)(H,19,20). The lowest BCUT2D eigenvalue weighted by molar-refractivity contribution is -0.151. The number of hydrogen-bond donors (Lipinski definition) is 3. The number of rotatable bonds is 4. The van der Waals surface area contributed by atoms with E-state index in [2.05, 4.69) is 17.6 Å². The minimum Gasteiger partial charge on any atom is -0.481 e. The van der Waals surface area contributed by atoms with Crippen LogP contribution in [-0.2, 0) is 14.4 Å². The summed E-state index contributed by atoms with van der Waals surface area (Å²) >= 11 is 0. The molecule has 1 aliphatic heterocycles. The molecule has 0 aromatic carbocycles. The number of amides is 2. The second kappa shape index (κ2) is 5.81. The molecular formula is C14H22N2O4. The molecule has 6 heteroatoms. The van der Waals surface area contributed by atoms with E-state index in [0.29, 0.717) is 25.3 Å². The van der Waals surface area contributed by atoms with Crippen LogP contribution in [0.5, 0.6) is 0 Å². The number of carbonyl (C=O) groups is 3. The van der Waals surface area contributed by atoms with Crippen molar-refractivity contribution in [2.75, 3.05) is 13.1 Å². The Kier molecular flexibility index (Phi) is 4.30. The summed E-state index contributed by atoms with van der Waals surface area (Å²) in [5, 5.41) is 14.8. The van der Waals surface area contributed by atoms with Crippen LogP contribution in [0.25, 0.3) is 0 Å². The summed E-state index contributed by atoms with van der Waals surface area (Å²) in [5.41, 5.74) is -0.835. The second-order valence-electron chi connectivity index (χ2n) is 6.19. The number of carbonyl (C=O) groups excluding carboxylic acids is 2. The van der Waals surface area contributed by atoms with Gasteiger partial charge in [-0.15, -0.1) is 0 Å². The summed E-state index contributed by atoms with van der Waals surface area (Å²) in [6, 6.07) is 0. The zero-order chi connectivity index (χ0) is 14.8. The van der Waals surface area contributed by atoms with Crippen LogP contribution in [0.2, 0.25) is 0 Å². The molecule has 2 amide bonds. The Morgan fingerprint density at radius 3 is 2.55 bits per heavy atom. The first-order valence-electron chi connectivity index (χ1n) is 7.21. The Labute approximate surface area is 118 Å². The molecule has 20 heavy (non-hydrogen) atoms. The minimum absolute atomic E-state index is 0.121. The Bertz CT molecular complexity index is 413. The van der Waals surface area contributed by atoms with E-state index in [9.17, 15) is 19.5 Å². The number of carboxylic acid groups (broad SMARTS) is 1. The highest BCUT2D eigenvalue weighted by Crippen LogP contribution is 2.38. The molecule has 1 heterocycles. The average molecular weight is 282 g/mol. The predicted octanol–water partition coefficient (Wildman–Crippen LogP) is 0.520. The number of aliphatic carboxylic acids is 1. The molecule has 0 aromatic rings. The molecule has 0 aromatic heterocycles. The summed E-state index contributed by atoms with van der Waals surface area (Å²) in [4.78, 5) is 34.6. The van der Waals surface area contributed by atoms with Gasteiger partial charge < -0.3 is 15.7 Å². The minimum atomic E-state index is -0.835. The molecule has 0 spiro atoms. The van der Waals surface area contributed by atoms with Crippen molar-refractivity contribution in [3.63, 3.8) is 0 Å². The third-order valence-corrected chi connectivity index (χ3v) is 4.63. The van der Waals surface area contributed by atoms with Gasteiger partial charge in [0, 0.05) is 19.5 Å². The van der Waals surface area contributed by atoms with Gasteiger partial charge in [0.05, 0.1) is 11.3 Å². The van der Waals surface area contributed by atoms with E-state index in [1.54, 1.807) is 0 Å². The van der Waals surface area contributed by atoms with Gasteiger partial charge in [-0.1, -0.05) is 6.92 Å². The molecule has 3 N–H and O–H groups in total. The monoisotopic (exact) mass is 282 g/mol. The first kappa shape index (κ1) is 14.8. The topological polar surface area (TPSA) is 95.5 Å². The van der Waals surface area contributed by atoms with Crippen molar-refractivity contribution >= 4 is 17.8 Å². The maximum atomic E-state index is 12.0. The Morgan fingerprint density at radius 2 is 2.05 bits per heavy atom. The van der Waals surface area contributed by atoms with Gasteiger partial charge in [-0.05, 0) is 31.6 Å². The molecule has 112 valence electrons. The molecule has 1 atom stereocenters. The normalized spacial score (nSPS) is 33.5. The third-order valence-electron chi connectivity index (χ3n) is 4.63. The molecule has 1 saturated heterocycles. The molecule has 2 fully saturated rings. The van der Waals surface area contributed by atoms with Gasteiger partial charge in [-0.25, -0.2) is 0 Å². The molecule has 0 bridgehead atoms. The Balaban J connectivity index is 1.91. The van der Waals surface area contributed by atoms with E-state index in [1.807, 2.05) is 0 Å². The lowest BCUT2D eigenvalue weighted by Gasteiger charge is -2.36. The number of nitrogens with one attached hydrogen (secondary N) is 2. The number of hydrogen-bond acceptors (Lipinski definition) is 3. The summed E-state index contributed by atoms with van der Waals surface area (Å²) in [5.74, 6) is -0.983. The molecule has 2 aliphatic rings. The quantitative estimate of drug-likeness (QED) is 0.700. The second-order valence-corrected chi connectivity index (χ2v) is 6.19. The highest BCUT2D eigenvalue weighted by molar-refractivity contribution is 5.89. The molecular weight excluding hydrogens is 260 g/mol. The fourth-order valence-corrected chi connectivity index (χ4v) is 2.97. The Hall–Kier alpha value is -1.59. The third kappa shape index (κ3) is 3.11. The molecule has 1 aliphatic carbocycles. The van der Waals surface area contributed by atoms with Gasteiger partial charge >= 0.3 is 5.97 Å². The first-order chi connectivity index (χ1) is 9.43. The fourth-order valence-electron chi connectivity index (χ4n) is 2.97. The van der Waals surface area contributed by atoms with Crippen molar-refractivity contribution in [2.24, 2.45) is 17.3 Å². The van der Waals surface area contributed by atoms with Crippen molar-refractivity contribution < 1.29 is 19.5 Å². The molecule has 1 unspecified atom stereocenters. The van der Waals surface area contributed by atoms with E-state index < -0.39 is 11.4 Å². The van der Waals surface area contributed by atoms with Crippen LogP contribution in [0.1, 0.15) is 39.0 Å². The van der Waals surface area contributed by atoms with Crippen molar-refractivity contribution in [2.45, 2.75) is 39.0 Å². The average Bonchev–Trinajstić information content (AvgIpc) is 2.84. The Morgan fingerprint density at radius 1 is 1.40 bits per heavy atom. The van der Waals surface area contributed by atoms with Crippen LogP contribution in [0.3, 0.4) is 0 Å². The lowest BCUT2D eigenvalue weighted by Crippen LogP contribution is -2.46. The van der Waals surface area contributed by atoms with Gasteiger partial charge in [0.15, 0.2) is 0 Å². The van der Waals surface area contributed by atoms with E-state index in [4.69, 9.17) is 0 Å². The zero-order valence-electron chi connectivity index (χ0n) is 11.8. The van der Waals surface area contributed by atoms with Gasteiger partial charge in [-0.2, -0.15) is 0 Å². The summed E-state index contributed by atoms with van der Waals surface area (Å²) in [6.07, 6.45) is 3.16. The van der Waals surface area contributed by atoms with Crippen molar-refractivity contribution in [3.05, 3.63) is 0 Å². The summed E-state index contributed by atoms with van der Waals surface area (Å²) in [6.45, 7) is 2.64. The van der Waals surface area contributed by atoms with Crippen LogP contribution in [-0.4, -0.2) is 36.0 Å². The van der Waals surface area contributed by atoms with Crippen LogP contribution in [0.15, 0.2) is 0 Å². The van der Waals surface area contributed by atoms with Crippen molar-refractivity contribution in [1.29, 1.82) is 0 Å². The van der Waals surface area contributed by atoms with Crippen molar-refractivity contribution in [1.82, 2.24) is 10.6 Å². The van der Waals surface area contributed by atoms with Gasteiger partial charge in [0.1, 0.15) is 0 Å². The van der Waals surface area contributed by atoms with Crippen molar-refractivity contribution in [3.8, 4) is 0 Å². The van der Waals surface area contributed by atoms with Crippen LogP contribution >= 0.6 is 0 Å². The van der Waals surface area contributed by atoms with E-state index >= 15 is 0 Å². The van der Waals surface area contributed by atoms with E-state index in [-0.39, 0.29) is 30.7 Å². The SMILES string of the molecule is CC1CCC(CNC(=O)C2CNC(=O)C2)(C(=O)O)CC1. The maximum Gasteiger partial charge on any atom is 0.311 e. The van der Waals surface area contributed by atoms with Gasteiger partial charge in [0.2, 0.25) is 11.8 Å². The predicted molar refractivity (Wildman–Crippen MR) is 71.8 cm³/mol. The molecule has 2 rings (SSSR count). The van der Waals surface area contributed by atoms with Gasteiger partial charge in [-0.3, -0.25) is 14.4 Å². The molecule has 0 radical (unpaired) electrons. The van der Waals surface area contributed by atoms with Crippen LogP contribution in [0, 0.1) is 17.3 Å². The van der Waals surface area contributed by atoms with Crippen LogP contribution in [0.4, 0.5) is 0 Å². The van der Waals surface area contributed by atoms with Gasteiger partial charge in [0.25, 0.3) is 0 Å². The maximum absolute atomic E-state index is 12.0. The summed E-state index contributed by atoms with van der Waals surface area (Å²) < 4.78 is 0. The van der Waals surface area contributed by atoms with E-state index in [0.717, 1.165) is 12.8 Å². The summed E-state index contributed by atoms with van der Waals surface area (Å²) in [7, 11) is 0. The molecule has 1 saturated carbocycles. The highest BCUT2D eigenvalue weighted by atomic mass is 16.4. The highest BCUT2D eigenvalue weighted by Gasteiger charge is 2.42. The number of carboxylic acids is 1. The smallest absolute Gasteiger partial charge is 0.311 e.